The molecule has 0 saturated carbocycles. The van der Waals surface area contributed by atoms with Crippen LogP contribution >= 0.6 is 11.6 Å². The molecule has 0 aliphatic carbocycles. The lowest BCUT2D eigenvalue weighted by molar-refractivity contribution is 0.559. The third kappa shape index (κ3) is 2.20. The van der Waals surface area contributed by atoms with Crippen molar-refractivity contribution in [2.45, 2.75) is 6.54 Å². The maximum atomic E-state index is 6.08. The molecule has 3 rings (SSSR count). The fourth-order valence-corrected chi connectivity index (χ4v) is 2.11. The second-order valence-electron chi connectivity index (χ2n) is 4.08. The average molecular weight is 258 g/mol. The summed E-state index contributed by atoms with van der Waals surface area (Å²) in [4.78, 5) is 0. The molecule has 0 aliphatic heterocycles. The zero-order valence-electron chi connectivity index (χ0n) is 9.69. The van der Waals surface area contributed by atoms with Crippen molar-refractivity contribution < 1.29 is 4.42 Å². The van der Waals surface area contributed by atoms with Crippen molar-refractivity contribution in [3.8, 4) is 0 Å². The van der Waals surface area contributed by atoms with E-state index in [1.165, 1.54) is 0 Å². The summed E-state index contributed by atoms with van der Waals surface area (Å²) in [6, 6.07) is 17.7. The Morgan fingerprint density at radius 2 is 1.78 bits per heavy atom. The summed E-state index contributed by atoms with van der Waals surface area (Å²) < 4.78 is 5.72. The van der Waals surface area contributed by atoms with Gasteiger partial charge in [0.25, 0.3) is 0 Å². The van der Waals surface area contributed by atoms with Crippen LogP contribution in [0.15, 0.2) is 59.0 Å². The molecule has 0 saturated heterocycles. The molecule has 0 fully saturated rings. The van der Waals surface area contributed by atoms with E-state index in [0.29, 0.717) is 11.6 Å². The number of hydrogen-bond donors (Lipinski definition) is 1. The Kier molecular flexibility index (Phi) is 2.95. The highest BCUT2D eigenvalue weighted by molar-refractivity contribution is 6.33. The number of benzene rings is 2. The molecule has 18 heavy (non-hydrogen) atoms. The molecule has 3 heteroatoms. The molecule has 0 radical (unpaired) electrons. The lowest BCUT2D eigenvalue weighted by Gasteiger charge is -2.05. The Labute approximate surface area is 110 Å². The quantitative estimate of drug-likeness (QED) is 0.736. The van der Waals surface area contributed by atoms with Crippen LogP contribution in [0.25, 0.3) is 11.0 Å². The molecule has 0 bridgehead atoms. The summed E-state index contributed by atoms with van der Waals surface area (Å²) in [5, 5.41) is 5.10. The van der Waals surface area contributed by atoms with Gasteiger partial charge in [0.05, 0.1) is 17.3 Å². The molecule has 90 valence electrons. The van der Waals surface area contributed by atoms with Crippen LogP contribution in [-0.4, -0.2) is 0 Å². The summed E-state index contributed by atoms with van der Waals surface area (Å²) in [5.41, 5.74) is 1.83. The third-order valence-corrected chi connectivity index (χ3v) is 3.13. The normalized spacial score (nSPS) is 10.7. The number of fused-ring (bicyclic) bond motifs is 1. The van der Waals surface area contributed by atoms with E-state index in [1.807, 2.05) is 54.6 Å². The number of halogens is 1. The van der Waals surface area contributed by atoms with Crippen LogP contribution < -0.4 is 5.32 Å². The van der Waals surface area contributed by atoms with E-state index in [4.69, 9.17) is 16.0 Å². The van der Waals surface area contributed by atoms with E-state index >= 15 is 0 Å². The predicted octanol–water partition coefficient (Wildman–Crippen LogP) is 4.70. The first-order chi connectivity index (χ1) is 8.83. The van der Waals surface area contributed by atoms with Crippen molar-refractivity contribution in [2.24, 2.45) is 0 Å². The fourth-order valence-electron chi connectivity index (χ4n) is 1.91. The van der Waals surface area contributed by atoms with Crippen molar-refractivity contribution in [3.05, 3.63) is 65.4 Å². The van der Waals surface area contributed by atoms with Gasteiger partial charge in [-0.2, -0.15) is 0 Å². The maximum absolute atomic E-state index is 6.08. The van der Waals surface area contributed by atoms with Gasteiger partial charge >= 0.3 is 0 Å². The van der Waals surface area contributed by atoms with Crippen molar-refractivity contribution in [1.29, 1.82) is 0 Å². The van der Waals surface area contributed by atoms with E-state index < -0.39 is 0 Å². The summed E-state index contributed by atoms with van der Waals surface area (Å²) in [6.45, 7) is 0.623. The standard InChI is InChI=1S/C15H12ClNO/c16-13-6-2-3-7-14(13)17-10-12-9-11-5-1-4-8-15(11)18-12/h1-9,17H,10H2. The predicted molar refractivity (Wildman–Crippen MR) is 75.0 cm³/mol. The van der Waals surface area contributed by atoms with Gasteiger partial charge in [0.1, 0.15) is 11.3 Å². The van der Waals surface area contributed by atoms with Crippen LogP contribution in [0.4, 0.5) is 5.69 Å². The van der Waals surface area contributed by atoms with Crippen molar-refractivity contribution >= 4 is 28.3 Å². The second-order valence-corrected chi connectivity index (χ2v) is 4.49. The Balaban J connectivity index is 1.79. The third-order valence-electron chi connectivity index (χ3n) is 2.80. The summed E-state index contributed by atoms with van der Waals surface area (Å²) in [5.74, 6) is 0.899. The number of hydrogen-bond acceptors (Lipinski definition) is 2. The van der Waals surface area contributed by atoms with Gasteiger partial charge in [0.2, 0.25) is 0 Å². The van der Waals surface area contributed by atoms with E-state index in [0.717, 1.165) is 22.4 Å². The second kappa shape index (κ2) is 4.75. The molecule has 1 N–H and O–H groups in total. The van der Waals surface area contributed by atoms with Crippen LogP contribution in [0.1, 0.15) is 5.76 Å². The monoisotopic (exact) mass is 257 g/mol. The summed E-state index contributed by atoms with van der Waals surface area (Å²) >= 11 is 6.08. The smallest absolute Gasteiger partial charge is 0.134 e. The fraction of sp³-hybridized carbons (Fsp3) is 0.0667. The first kappa shape index (κ1) is 11.2. The number of para-hydroxylation sites is 2. The molecule has 0 unspecified atom stereocenters. The molecule has 0 amide bonds. The van der Waals surface area contributed by atoms with Gasteiger partial charge in [-0.25, -0.2) is 0 Å². The zero-order chi connectivity index (χ0) is 12.4. The van der Waals surface area contributed by atoms with Gasteiger partial charge in [-0.15, -0.1) is 0 Å². The van der Waals surface area contributed by atoms with Gasteiger partial charge in [0, 0.05) is 5.39 Å². The van der Waals surface area contributed by atoms with E-state index in [-0.39, 0.29) is 0 Å². The molecule has 0 atom stereocenters. The summed E-state index contributed by atoms with van der Waals surface area (Å²) in [6.07, 6.45) is 0. The van der Waals surface area contributed by atoms with Crippen LogP contribution in [0.5, 0.6) is 0 Å². The molecule has 2 aromatic carbocycles. The van der Waals surface area contributed by atoms with E-state index in [1.54, 1.807) is 0 Å². The number of nitrogens with one attached hydrogen (secondary N) is 1. The van der Waals surface area contributed by atoms with Crippen LogP contribution in [-0.2, 0) is 6.54 Å². The molecule has 2 nitrogen and oxygen atoms in total. The molecule has 1 heterocycles. The molecular formula is C15H12ClNO. The van der Waals surface area contributed by atoms with Gasteiger partial charge < -0.3 is 9.73 Å². The van der Waals surface area contributed by atoms with Crippen LogP contribution in [0.3, 0.4) is 0 Å². The number of anilines is 1. The largest absolute Gasteiger partial charge is 0.459 e. The highest BCUT2D eigenvalue weighted by Gasteiger charge is 2.03. The van der Waals surface area contributed by atoms with Crippen LogP contribution in [0, 0.1) is 0 Å². The highest BCUT2D eigenvalue weighted by atomic mass is 35.5. The Hall–Kier alpha value is -1.93. The molecular weight excluding hydrogens is 246 g/mol. The van der Waals surface area contributed by atoms with Crippen LogP contribution in [0.2, 0.25) is 5.02 Å². The lowest BCUT2D eigenvalue weighted by atomic mass is 10.2. The lowest BCUT2D eigenvalue weighted by Crippen LogP contribution is -1.98. The molecule has 3 aromatic rings. The van der Waals surface area contributed by atoms with Crippen molar-refractivity contribution in [3.63, 3.8) is 0 Å². The SMILES string of the molecule is Clc1ccccc1NCc1cc2ccccc2o1. The minimum absolute atomic E-state index is 0.623. The minimum Gasteiger partial charge on any atom is -0.459 e. The van der Waals surface area contributed by atoms with Crippen molar-refractivity contribution in [2.75, 3.05) is 5.32 Å². The molecule has 1 aromatic heterocycles. The average Bonchev–Trinajstić information content (AvgIpc) is 2.80. The van der Waals surface area contributed by atoms with E-state index in [9.17, 15) is 0 Å². The highest BCUT2D eigenvalue weighted by Crippen LogP contribution is 2.23. The van der Waals surface area contributed by atoms with Gasteiger partial charge in [-0.3, -0.25) is 0 Å². The Morgan fingerprint density at radius 1 is 1.00 bits per heavy atom. The van der Waals surface area contributed by atoms with Gasteiger partial charge in [-0.05, 0) is 24.3 Å². The van der Waals surface area contributed by atoms with Gasteiger partial charge in [0.15, 0.2) is 0 Å². The zero-order valence-corrected chi connectivity index (χ0v) is 10.4. The topological polar surface area (TPSA) is 25.2 Å². The molecule has 0 spiro atoms. The Bertz CT molecular complexity index is 642. The minimum atomic E-state index is 0.623. The molecule has 0 aliphatic rings. The number of furan rings is 1. The first-order valence-corrected chi connectivity index (χ1v) is 6.16. The van der Waals surface area contributed by atoms with Crippen molar-refractivity contribution in [1.82, 2.24) is 0 Å². The maximum Gasteiger partial charge on any atom is 0.134 e. The first-order valence-electron chi connectivity index (χ1n) is 5.79. The number of rotatable bonds is 3. The van der Waals surface area contributed by atoms with E-state index in [2.05, 4.69) is 5.32 Å². The summed E-state index contributed by atoms with van der Waals surface area (Å²) in [7, 11) is 0. The Morgan fingerprint density at radius 3 is 2.61 bits per heavy atom. The van der Waals surface area contributed by atoms with Gasteiger partial charge in [-0.1, -0.05) is 41.9 Å².